The summed E-state index contributed by atoms with van der Waals surface area (Å²) in [6.45, 7) is 2.56. The second-order valence-corrected chi connectivity index (χ2v) is 3.34. The second-order valence-electron chi connectivity index (χ2n) is 2.97. The van der Waals surface area contributed by atoms with Gasteiger partial charge in [0.05, 0.1) is 19.2 Å². The molecule has 14 heavy (non-hydrogen) atoms. The molecule has 0 saturated carbocycles. The Kier molecular flexibility index (Phi) is 4.20. The molecule has 0 spiro atoms. The molecule has 1 N–H and O–H groups in total. The highest BCUT2D eigenvalue weighted by Gasteiger charge is 2.07. The minimum atomic E-state index is 0.563. The van der Waals surface area contributed by atoms with Gasteiger partial charge in [-0.1, -0.05) is 17.7 Å². The maximum Gasteiger partial charge on any atom is 0.138 e. The van der Waals surface area contributed by atoms with Crippen molar-refractivity contribution in [3.63, 3.8) is 0 Å². The molecule has 0 aliphatic carbocycles. The van der Waals surface area contributed by atoms with Gasteiger partial charge in [-0.05, 0) is 24.1 Å². The molecule has 0 heterocycles. The van der Waals surface area contributed by atoms with E-state index in [0.717, 1.165) is 11.1 Å². The third-order valence-corrected chi connectivity index (χ3v) is 2.31. The molecule has 1 rings (SSSR count). The summed E-state index contributed by atoms with van der Waals surface area (Å²) in [7, 11) is 3.18. The largest absolute Gasteiger partial charge is 0.495 e. The van der Waals surface area contributed by atoms with Crippen molar-refractivity contribution in [1.82, 2.24) is 5.48 Å². The van der Waals surface area contributed by atoms with Crippen molar-refractivity contribution >= 4 is 11.6 Å². The third kappa shape index (κ3) is 2.61. The topological polar surface area (TPSA) is 30.5 Å². The molecule has 4 heteroatoms. The lowest BCUT2D eigenvalue weighted by Crippen LogP contribution is -2.11. The Morgan fingerprint density at radius 2 is 2.07 bits per heavy atom. The van der Waals surface area contributed by atoms with Gasteiger partial charge < -0.3 is 9.57 Å². The summed E-state index contributed by atoms with van der Waals surface area (Å²) in [5.74, 6) is 0.694. The van der Waals surface area contributed by atoms with Crippen LogP contribution in [0.4, 0.5) is 0 Å². The fourth-order valence-corrected chi connectivity index (χ4v) is 1.49. The Bertz CT molecular complexity index is 315. The first kappa shape index (κ1) is 11.3. The van der Waals surface area contributed by atoms with Gasteiger partial charge in [0.1, 0.15) is 5.75 Å². The van der Waals surface area contributed by atoms with Gasteiger partial charge in [-0.25, -0.2) is 0 Å². The van der Waals surface area contributed by atoms with Crippen molar-refractivity contribution in [2.75, 3.05) is 14.2 Å². The smallest absolute Gasteiger partial charge is 0.138 e. The molecule has 0 unspecified atom stereocenters. The number of rotatable bonds is 4. The molecule has 0 saturated heterocycles. The monoisotopic (exact) mass is 215 g/mol. The van der Waals surface area contributed by atoms with E-state index in [0.29, 0.717) is 17.3 Å². The van der Waals surface area contributed by atoms with Gasteiger partial charge in [0, 0.05) is 6.54 Å². The van der Waals surface area contributed by atoms with Gasteiger partial charge in [-0.15, -0.1) is 0 Å². The van der Waals surface area contributed by atoms with Crippen LogP contribution in [0, 0.1) is 6.92 Å². The van der Waals surface area contributed by atoms with Crippen molar-refractivity contribution in [1.29, 1.82) is 0 Å². The molecule has 3 nitrogen and oxygen atoms in total. The standard InChI is InChI=1S/C10H14ClNO2/c1-7-4-8(6-12-14-3)10(11)9(5-7)13-2/h4-5,12H,6H2,1-3H3. The highest BCUT2D eigenvalue weighted by atomic mass is 35.5. The molecule has 1 aromatic rings. The second kappa shape index (κ2) is 5.20. The van der Waals surface area contributed by atoms with Crippen molar-refractivity contribution in [2.45, 2.75) is 13.5 Å². The number of ether oxygens (including phenoxy) is 1. The Hall–Kier alpha value is -0.770. The lowest BCUT2D eigenvalue weighted by atomic mass is 10.1. The molecule has 0 radical (unpaired) electrons. The maximum atomic E-state index is 6.10. The van der Waals surface area contributed by atoms with E-state index in [1.165, 1.54) is 0 Å². The van der Waals surface area contributed by atoms with Gasteiger partial charge >= 0.3 is 0 Å². The van der Waals surface area contributed by atoms with E-state index >= 15 is 0 Å². The normalized spacial score (nSPS) is 10.3. The molecule has 0 bridgehead atoms. The quantitative estimate of drug-likeness (QED) is 0.782. The summed E-state index contributed by atoms with van der Waals surface area (Å²) in [6.07, 6.45) is 0. The zero-order valence-corrected chi connectivity index (χ0v) is 9.31. The van der Waals surface area contributed by atoms with Crippen LogP contribution in [-0.2, 0) is 11.4 Å². The number of hydroxylamine groups is 1. The predicted octanol–water partition coefficient (Wildman–Crippen LogP) is 2.31. The lowest BCUT2D eigenvalue weighted by molar-refractivity contribution is 0.0867. The first-order valence-corrected chi connectivity index (χ1v) is 4.65. The SMILES string of the molecule is CONCc1cc(C)cc(OC)c1Cl. The Balaban J connectivity index is 2.96. The molecule has 0 aliphatic rings. The molecular formula is C10H14ClNO2. The van der Waals surface area contributed by atoms with E-state index in [9.17, 15) is 0 Å². The van der Waals surface area contributed by atoms with Crippen LogP contribution in [0.3, 0.4) is 0 Å². The van der Waals surface area contributed by atoms with Crippen molar-refractivity contribution < 1.29 is 9.57 Å². The van der Waals surface area contributed by atoms with E-state index in [2.05, 4.69) is 5.48 Å². The highest BCUT2D eigenvalue weighted by molar-refractivity contribution is 6.32. The van der Waals surface area contributed by atoms with E-state index < -0.39 is 0 Å². The first-order chi connectivity index (χ1) is 6.69. The van der Waals surface area contributed by atoms with Crippen molar-refractivity contribution in [3.05, 3.63) is 28.3 Å². The number of methoxy groups -OCH3 is 1. The number of nitrogens with one attached hydrogen (secondary N) is 1. The van der Waals surface area contributed by atoms with Crippen LogP contribution in [0.15, 0.2) is 12.1 Å². The van der Waals surface area contributed by atoms with Crippen LogP contribution in [0.5, 0.6) is 5.75 Å². The summed E-state index contributed by atoms with van der Waals surface area (Å²) < 4.78 is 5.15. The fourth-order valence-electron chi connectivity index (χ4n) is 1.24. The molecular weight excluding hydrogens is 202 g/mol. The molecule has 0 fully saturated rings. The fraction of sp³-hybridized carbons (Fsp3) is 0.400. The zero-order valence-electron chi connectivity index (χ0n) is 8.56. The molecule has 0 aromatic heterocycles. The molecule has 1 aromatic carbocycles. The number of hydrogen-bond donors (Lipinski definition) is 1. The summed E-state index contributed by atoms with van der Waals surface area (Å²) in [5.41, 5.74) is 4.82. The molecule has 0 aliphatic heterocycles. The third-order valence-electron chi connectivity index (χ3n) is 1.89. The summed E-state index contributed by atoms with van der Waals surface area (Å²) in [5, 5.41) is 0.627. The number of benzene rings is 1. The van der Waals surface area contributed by atoms with Crippen molar-refractivity contribution in [2.24, 2.45) is 0 Å². The first-order valence-electron chi connectivity index (χ1n) is 4.28. The van der Waals surface area contributed by atoms with Gasteiger partial charge in [0.25, 0.3) is 0 Å². The van der Waals surface area contributed by atoms with Crippen LogP contribution in [-0.4, -0.2) is 14.2 Å². The summed E-state index contributed by atoms with van der Waals surface area (Å²) >= 11 is 6.10. The van der Waals surface area contributed by atoms with Gasteiger partial charge in [-0.2, -0.15) is 5.48 Å². The predicted molar refractivity (Wildman–Crippen MR) is 56.6 cm³/mol. The molecule has 0 amide bonds. The lowest BCUT2D eigenvalue weighted by Gasteiger charge is -2.10. The van der Waals surface area contributed by atoms with Crippen LogP contribution >= 0.6 is 11.6 Å². The van der Waals surface area contributed by atoms with Crippen LogP contribution in [0.2, 0.25) is 5.02 Å². The zero-order chi connectivity index (χ0) is 10.6. The van der Waals surface area contributed by atoms with E-state index in [1.807, 2.05) is 19.1 Å². The average molecular weight is 216 g/mol. The average Bonchev–Trinajstić information content (AvgIpc) is 2.18. The van der Waals surface area contributed by atoms with E-state index in [1.54, 1.807) is 14.2 Å². The summed E-state index contributed by atoms with van der Waals surface area (Å²) in [4.78, 5) is 4.76. The Labute approximate surface area is 88.9 Å². The van der Waals surface area contributed by atoms with Crippen LogP contribution in [0.1, 0.15) is 11.1 Å². The van der Waals surface area contributed by atoms with Crippen LogP contribution < -0.4 is 10.2 Å². The highest BCUT2D eigenvalue weighted by Crippen LogP contribution is 2.29. The van der Waals surface area contributed by atoms with Gasteiger partial charge in [0.2, 0.25) is 0 Å². The van der Waals surface area contributed by atoms with Crippen molar-refractivity contribution in [3.8, 4) is 5.75 Å². The van der Waals surface area contributed by atoms with Crippen LogP contribution in [0.25, 0.3) is 0 Å². The minimum absolute atomic E-state index is 0.563. The minimum Gasteiger partial charge on any atom is -0.495 e. The number of halogens is 1. The maximum absolute atomic E-state index is 6.10. The number of hydrogen-bond acceptors (Lipinski definition) is 3. The van der Waals surface area contributed by atoms with Gasteiger partial charge in [0.15, 0.2) is 0 Å². The van der Waals surface area contributed by atoms with E-state index in [-0.39, 0.29) is 0 Å². The van der Waals surface area contributed by atoms with E-state index in [4.69, 9.17) is 21.2 Å². The molecule has 78 valence electrons. The summed E-state index contributed by atoms with van der Waals surface area (Å²) in [6, 6.07) is 3.90. The Morgan fingerprint density at radius 3 is 2.64 bits per heavy atom. The molecule has 0 atom stereocenters. The van der Waals surface area contributed by atoms with Gasteiger partial charge in [-0.3, -0.25) is 0 Å². The number of aryl methyl sites for hydroxylation is 1. The Morgan fingerprint density at radius 1 is 1.36 bits per heavy atom.